The van der Waals surface area contributed by atoms with Crippen LogP contribution in [0.15, 0.2) is 53.3 Å². The fourth-order valence-corrected chi connectivity index (χ4v) is 6.19. The molecule has 2 aromatic carbocycles. The molecule has 3 heterocycles. The predicted molar refractivity (Wildman–Crippen MR) is 144 cm³/mol. The van der Waals surface area contributed by atoms with Crippen LogP contribution in [0.3, 0.4) is 0 Å². The summed E-state index contributed by atoms with van der Waals surface area (Å²) in [6.45, 7) is 5.98. The van der Waals surface area contributed by atoms with Crippen molar-refractivity contribution in [3.8, 4) is 0 Å². The summed E-state index contributed by atoms with van der Waals surface area (Å²) in [5.74, 6) is 0.343. The Morgan fingerprint density at radius 1 is 1.03 bits per heavy atom. The SMILES string of the molecule is Cc1cccc2cc([C@@H](c3nnnn3Cc3ccc(F)cc3)N3CCN(C4CCCCC4)CC3)c(=O)[nH]c12. The van der Waals surface area contributed by atoms with Gasteiger partial charge >= 0.3 is 0 Å². The highest BCUT2D eigenvalue weighted by Gasteiger charge is 2.34. The topological polar surface area (TPSA) is 82.9 Å². The average Bonchev–Trinajstić information content (AvgIpc) is 3.39. The number of tetrazole rings is 1. The van der Waals surface area contributed by atoms with Gasteiger partial charge in [-0.15, -0.1) is 5.10 Å². The van der Waals surface area contributed by atoms with Crippen LogP contribution < -0.4 is 5.56 Å². The van der Waals surface area contributed by atoms with Crippen LogP contribution >= 0.6 is 0 Å². The zero-order valence-corrected chi connectivity index (χ0v) is 21.8. The summed E-state index contributed by atoms with van der Waals surface area (Å²) in [5.41, 5.74) is 3.30. The molecule has 6 rings (SSSR count). The first-order valence-corrected chi connectivity index (χ1v) is 13.7. The molecule has 1 atom stereocenters. The van der Waals surface area contributed by atoms with Gasteiger partial charge in [0, 0.05) is 37.8 Å². The van der Waals surface area contributed by atoms with Gasteiger partial charge in [-0.3, -0.25) is 14.6 Å². The van der Waals surface area contributed by atoms with E-state index in [0.717, 1.165) is 48.2 Å². The molecule has 0 amide bonds. The van der Waals surface area contributed by atoms with E-state index in [1.54, 1.807) is 16.8 Å². The number of hydrogen-bond donors (Lipinski definition) is 1. The number of fused-ring (bicyclic) bond motifs is 1. The molecule has 0 spiro atoms. The number of halogens is 1. The summed E-state index contributed by atoms with van der Waals surface area (Å²) in [6, 6.07) is 14.7. The number of nitrogens with zero attached hydrogens (tertiary/aromatic N) is 6. The number of para-hydroxylation sites is 1. The minimum Gasteiger partial charge on any atom is -0.321 e. The molecule has 2 aliphatic rings. The zero-order chi connectivity index (χ0) is 26.1. The second-order valence-electron chi connectivity index (χ2n) is 10.7. The lowest BCUT2D eigenvalue weighted by Gasteiger charge is -2.43. The molecule has 8 nitrogen and oxygen atoms in total. The number of benzene rings is 2. The number of piperazine rings is 1. The standard InChI is InChI=1S/C29H34FN7O/c1-20-6-5-7-22-18-25(29(38)31-26(20)22)27(36-16-14-35(15-17-36)24-8-3-2-4-9-24)28-32-33-34-37(28)19-21-10-12-23(30)13-11-21/h5-7,10-13,18,24,27H,2-4,8-9,14-17,19H2,1H3,(H,31,38)/t27-/m0/s1. The third-order valence-corrected chi connectivity index (χ3v) is 8.27. The second-order valence-corrected chi connectivity index (χ2v) is 10.7. The van der Waals surface area contributed by atoms with Gasteiger partial charge < -0.3 is 4.98 Å². The number of rotatable bonds is 6. The van der Waals surface area contributed by atoms with E-state index in [1.807, 2.05) is 31.2 Å². The van der Waals surface area contributed by atoms with Gasteiger partial charge in [0.1, 0.15) is 11.9 Å². The highest BCUT2D eigenvalue weighted by atomic mass is 19.1. The monoisotopic (exact) mass is 515 g/mol. The molecular formula is C29H34FN7O. The number of hydrogen-bond acceptors (Lipinski definition) is 6. The molecule has 1 saturated heterocycles. The maximum Gasteiger partial charge on any atom is 0.253 e. The quantitative estimate of drug-likeness (QED) is 0.417. The van der Waals surface area contributed by atoms with E-state index in [2.05, 4.69) is 30.3 Å². The number of nitrogens with one attached hydrogen (secondary N) is 1. The van der Waals surface area contributed by atoms with Crippen LogP contribution in [0, 0.1) is 12.7 Å². The summed E-state index contributed by atoms with van der Waals surface area (Å²) in [6.07, 6.45) is 6.54. The molecule has 1 aliphatic heterocycles. The Morgan fingerprint density at radius 2 is 1.79 bits per heavy atom. The molecule has 198 valence electrons. The van der Waals surface area contributed by atoms with Crippen LogP contribution in [0.2, 0.25) is 0 Å². The van der Waals surface area contributed by atoms with Gasteiger partial charge in [-0.2, -0.15) is 0 Å². The Labute approximate surface area is 221 Å². The highest BCUT2D eigenvalue weighted by Crippen LogP contribution is 2.30. The smallest absolute Gasteiger partial charge is 0.253 e. The van der Waals surface area contributed by atoms with Crippen LogP contribution in [-0.2, 0) is 6.54 Å². The number of pyridine rings is 1. The van der Waals surface area contributed by atoms with Gasteiger partial charge in [-0.25, -0.2) is 9.07 Å². The maximum absolute atomic E-state index is 13.6. The average molecular weight is 516 g/mol. The van der Waals surface area contributed by atoms with Crippen molar-refractivity contribution in [1.29, 1.82) is 0 Å². The molecule has 1 aliphatic carbocycles. The molecule has 0 unspecified atom stereocenters. The summed E-state index contributed by atoms with van der Waals surface area (Å²) < 4.78 is 15.2. The number of H-pyrrole nitrogens is 1. The maximum atomic E-state index is 13.6. The summed E-state index contributed by atoms with van der Waals surface area (Å²) in [5, 5.41) is 13.7. The number of aromatic amines is 1. The van der Waals surface area contributed by atoms with Gasteiger partial charge in [0.05, 0.1) is 12.1 Å². The highest BCUT2D eigenvalue weighted by molar-refractivity contribution is 5.82. The predicted octanol–water partition coefficient (Wildman–Crippen LogP) is 4.05. The van der Waals surface area contributed by atoms with E-state index in [1.165, 1.54) is 44.2 Å². The molecule has 1 N–H and O–H groups in total. The van der Waals surface area contributed by atoms with Crippen molar-refractivity contribution in [1.82, 2.24) is 35.0 Å². The third kappa shape index (κ3) is 5.00. The lowest BCUT2D eigenvalue weighted by molar-refractivity contribution is 0.0618. The summed E-state index contributed by atoms with van der Waals surface area (Å²) in [4.78, 5) is 21.7. The van der Waals surface area contributed by atoms with Gasteiger partial charge in [0.25, 0.3) is 5.56 Å². The van der Waals surface area contributed by atoms with Crippen LogP contribution in [0.1, 0.15) is 60.7 Å². The summed E-state index contributed by atoms with van der Waals surface area (Å²) in [7, 11) is 0. The lowest BCUT2D eigenvalue weighted by Crippen LogP contribution is -2.52. The molecule has 9 heteroatoms. The van der Waals surface area contributed by atoms with Crippen molar-refractivity contribution in [2.24, 2.45) is 0 Å². The zero-order valence-electron chi connectivity index (χ0n) is 21.8. The minimum atomic E-state index is -0.396. The van der Waals surface area contributed by atoms with E-state index in [4.69, 9.17) is 0 Å². The normalized spacial score (nSPS) is 18.7. The van der Waals surface area contributed by atoms with Gasteiger partial charge in [-0.1, -0.05) is 49.6 Å². The first-order chi connectivity index (χ1) is 18.6. The van der Waals surface area contributed by atoms with Crippen molar-refractivity contribution in [3.05, 3.63) is 87.2 Å². The van der Waals surface area contributed by atoms with Crippen LogP contribution in [0.4, 0.5) is 4.39 Å². The molecule has 38 heavy (non-hydrogen) atoms. The first kappa shape index (κ1) is 24.9. The Morgan fingerprint density at radius 3 is 2.55 bits per heavy atom. The fraction of sp³-hybridized carbons (Fsp3) is 0.448. The summed E-state index contributed by atoms with van der Waals surface area (Å²) >= 11 is 0. The molecule has 0 bridgehead atoms. The molecule has 2 aromatic heterocycles. The van der Waals surface area contributed by atoms with Crippen molar-refractivity contribution in [3.63, 3.8) is 0 Å². The van der Waals surface area contributed by atoms with E-state index in [9.17, 15) is 9.18 Å². The van der Waals surface area contributed by atoms with Crippen molar-refractivity contribution in [2.75, 3.05) is 26.2 Å². The van der Waals surface area contributed by atoms with Gasteiger partial charge in [0.2, 0.25) is 0 Å². The molecule has 1 saturated carbocycles. The lowest BCUT2D eigenvalue weighted by atomic mass is 9.93. The Balaban J connectivity index is 1.36. The molecule has 2 fully saturated rings. The Bertz CT molecular complexity index is 1450. The van der Waals surface area contributed by atoms with Crippen LogP contribution in [0.5, 0.6) is 0 Å². The first-order valence-electron chi connectivity index (χ1n) is 13.7. The van der Waals surface area contributed by atoms with E-state index >= 15 is 0 Å². The van der Waals surface area contributed by atoms with E-state index in [0.29, 0.717) is 24.0 Å². The number of aromatic nitrogens is 5. The molecular weight excluding hydrogens is 481 g/mol. The minimum absolute atomic E-state index is 0.122. The fourth-order valence-electron chi connectivity index (χ4n) is 6.19. The van der Waals surface area contributed by atoms with Crippen molar-refractivity contribution in [2.45, 2.75) is 57.7 Å². The Kier molecular flexibility index (Phi) is 7.04. The number of aryl methyl sites for hydroxylation is 1. The molecule has 4 aromatic rings. The Hall–Kier alpha value is -3.43. The van der Waals surface area contributed by atoms with Crippen LogP contribution in [-0.4, -0.2) is 67.2 Å². The van der Waals surface area contributed by atoms with E-state index < -0.39 is 6.04 Å². The van der Waals surface area contributed by atoms with Gasteiger partial charge in [0.15, 0.2) is 5.82 Å². The second kappa shape index (κ2) is 10.7. The van der Waals surface area contributed by atoms with Crippen LogP contribution in [0.25, 0.3) is 10.9 Å². The van der Waals surface area contributed by atoms with Crippen molar-refractivity contribution < 1.29 is 4.39 Å². The van der Waals surface area contributed by atoms with Crippen molar-refractivity contribution >= 4 is 10.9 Å². The van der Waals surface area contributed by atoms with Gasteiger partial charge in [-0.05, 0) is 64.9 Å². The largest absolute Gasteiger partial charge is 0.321 e. The third-order valence-electron chi connectivity index (χ3n) is 8.27. The van der Waals surface area contributed by atoms with E-state index in [-0.39, 0.29) is 11.4 Å². The molecule has 0 radical (unpaired) electrons.